The highest BCUT2D eigenvalue weighted by Crippen LogP contribution is 2.32. The Hall–Kier alpha value is -1.06. The minimum Gasteiger partial charge on any atom is -0.459 e. The average molecular weight is 185 g/mol. The maximum Gasteiger partial charge on any atom is 0.396 e. The largest absolute Gasteiger partial charge is 0.459 e. The van der Waals surface area contributed by atoms with Gasteiger partial charge < -0.3 is 10.1 Å². The highest BCUT2D eigenvalue weighted by molar-refractivity contribution is 6.32. The zero-order valence-electron chi connectivity index (χ0n) is 8.00. The van der Waals surface area contributed by atoms with Crippen molar-refractivity contribution in [1.82, 2.24) is 5.32 Å². The number of hydrogen-bond donors (Lipinski definition) is 1. The van der Waals surface area contributed by atoms with Crippen molar-refractivity contribution < 1.29 is 14.3 Å². The fraction of sp³-hybridized carbons (Fsp3) is 0.778. The maximum absolute atomic E-state index is 11.1. The summed E-state index contributed by atoms with van der Waals surface area (Å²) >= 11 is 0. The van der Waals surface area contributed by atoms with Gasteiger partial charge in [0.25, 0.3) is 0 Å². The second kappa shape index (κ2) is 4.25. The molecule has 4 nitrogen and oxygen atoms in total. The van der Waals surface area contributed by atoms with E-state index in [1.165, 1.54) is 0 Å². The van der Waals surface area contributed by atoms with E-state index in [2.05, 4.69) is 10.1 Å². The summed E-state index contributed by atoms with van der Waals surface area (Å²) in [6, 6.07) is 0.0944. The number of hydrogen-bond acceptors (Lipinski definition) is 3. The van der Waals surface area contributed by atoms with Crippen molar-refractivity contribution in [3.63, 3.8) is 0 Å². The Balaban J connectivity index is 2.26. The van der Waals surface area contributed by atoms with E-state index in [9.17, 15) is 9.59 Å². The SMILES string of the molecule is CCOC(=O)C(=O)NC(C)C1CC1. The molecule has 0 bridgehead atoms. The molecule has 0 aromatic rings. The number of carbonyl (C=O) groups is 2. The molecular formula is C9H15NO3. The van der Waals surface area contributed by atoms with Crippen molar-refractivity contribution in [2.75, 3.05) is 6.61 Å². The van der Waals surface area contributed by atoms with Gasteiger partial charge in [-0.1, -0.05) is 0 Å². The van der Waals surface area contributed by atoms with Crippen molar-refractivity contribution in [2.24, 2.45) is 5.92 Å². The van der Waals surface area contributed by atoms with Crippen molar-refractivity contribution in [3.05, 3.63) is 0 Å². The van der Waals surface area contributed by atoms with E-state index < -0.39 is 11.9 Å². The average Bonchev–Trinajstić information content (AvgIpc) is 2.86. The molecule has 0 aliphatic heterocycles. The summed E-state index contributed by atoms with van der Waals surface area (Å²) in [5.41, 5.74) is 0. The number of carbonyl (C=O) groups excluding carboxylic acids is 2. The first-order chi connectivity index (χ1) is 6.15. The van der Waals surface area contributed by atoms with E-state index in [0.29, 0.717) is 5.92 Å². The van der Waals surface area contributed by atoms with Gasteiger partial charge in [0.15, 0.2) is 0 Å². The lowest BCUT2D eigenvalue weighted by Crippen LogP contribution is -2.39. The first-order valence-electron chi connectivity index (χ1n) is 4.62. The van der Waals surface area contributed by atoms with Gasteiger partial charge in [-0.25, -0.2) is 4.79 Å². The third-order valence-electron chi connectivity index (χ3n) is 2.15. The summed E-state index contributed by atoms with van der Waals surface area (Å²) in [7, 11) is 0. The van der Waals surface area contributed by atoms with Crippen LogP contribution in [-0.4, -0.2) is 24.5 Å². The Bertz CT molecular complexity index is 211. The molecule has 1 aliphatic carbocycles. The van der Waals surface area contributed by atoms with E-state index in [-0.39, 0.29) is 12.6 Å². The van der Waals surface area contributed by atoms with Crippen LogP contribution >= 0.6 is 0 Å². The van der Waals surface area contributed by atoms with Crippen LogP contribution in [0.4, 0.5) is 0 Å². The van der Waals surface area contributed by atoms with Gasteiger partial charge in [0.2, 0.25) is 0 Å². The zero-order chi connectivity index (χ0) is 9.84. The molecule has 0 saturated heterocycles. The van der Waals surface area contributed by atoms with E-state index >= 15 is 0 Å². The van der Waals surface area contributed by atoms with Crippen LogP contribution in [0.2, 0.25) is 0 Å². The quantitative estimate of drug-likeness (QED) is 0.513. The summed E-state index contributed by atoms with van der Waals surface area (Å²) in [4.78, 5) is 22.0. The molecule has 4 heteroatoms. The van der Waals surface area contributed by atoms with Crippen LogP contribution in [0, 0.1) is 5.92 Å². The molecule has 1 atom stereocenters. The van der Waals surface area contributed by atoms with Gasteiger partial charge in [0, 0.05) is 6.04 Å². The summed E-state index contributed by atoms with van der Waals surface area (Å²) in [5, 5.41) is 2.61. The minimum atomic E-state index is -0.782. The highest BCUT2D eigenvalue weighted by Gasteiger charge is 2.30. The number of rotatable bonds is 3. The van der Waals surface area contributed by atoms with Crippen molar-refractivity contribution >= 4 is 11.9 Å². The van der Waals surface area contributed by atoms with E-state index in [1.807, 2.05) is 6.92 Å². The number of amides is 1. The lowest BCUT2D eigenvalue weighted by Gasteiger charge is -2.11. The van der Waals surface area contributed by atoms with E-state index in [0.717, 1.165) is 12.8 Å². The highest BCUT2D eigenvalue weighted by atomic mass is 16.5. The van der Waals surface area contributed by atoms with Crippen LogP contribution in [0.1, 0.15) is 26.7 Å². The molecule has 1 amide bonds. The summed E-state index contributed by atoms with van der Waals surface area (Å²) in [6.45, 7) is 3.83. The second-order valence-electron chi connectivity index (χ2n) is 3.32. The van der Waals surface area contributed by atoms with Crippen LogP contribution in [0.3, 0.4) is 0 Å². The Morgan fingerprint density at radius 1 is 1.54 bits per heavy atom. The number of ether oxygens (including phenoxy) is 1. The first-order valence-corrected chi connectivity index (χ1v) is 4.62. The van der Waals surface area contributed by atoms with Crippen LogP contribution in [0.5, 0.6) is 0 Å². The zero-order valence-corrected chi connectivity index (χ0v) is 8.00. The molecule has 0 heterocycles. The van der Waals surface area contributed by atoms with E-state index in [4.69, 9.17) is 0 Å². The minimum absolute atomic E-state index is 0.0944. The molecule has 1 rings (SSSR count). The summed E-state index contributed by atoms with van der Waals surface area (Å²) in [5.74, 6) is -0.852. The third-order valence-corrected chi connectivity index (χ3v) is 2.15. The van der Waals surface area contributed by atoms with Gasteiger partial charge in [-0.05, 0) is 32.6 Å². The molecule has 1 aliphatic rings. The Morgan fingerprint density at radius 2 is 2.15 bits per heavy atom. The normalized spacial score (nSPS) is 17.7. The predicted molar refractivity (Wildman–Crippen MR) is 47.0 cm³/mol. The van der Waals surface area contributed by atoms with Gasteiger partial charge in [0.1, 0.15) is 0 Å². The van der Waals surface area contributed by atoms with Gasteiger partial charge in [-0.2, -0.15) is 0 Å². The molecule has 1 unspecified atom stereocenters. The van der Waals surface area contributed by atoms with Gasteiger partial charge in [0.05, 0.1) is 6.61 Å². The van der Waals surface area contributed by atoms with Crippen LogP contribution in [0.25, 0.3) is 0 Å². The maximum atomic E-state index is 11.1. The Morgan fingerprint density at radius 3 is 2.62 bits per heavy atom. The van der Waals surface area contributed by atoms with Crippen LogP contribution < -0.4 is 5.32 Å². The molecule has 0 radical (unpaired) electrons. The molecule has 0 aromatic heterocycles. The number of esters is 1. The monoisotopic (exact) mass is 185 g/mol. The fourth-order valence-corrected chi connectivity index (χ4v) is 1.18. The molecule has 1 fully saturated rings. The predicted octanol–water partition coefficient (Wildman–Crippen LogP) is 0.464. The number of nitrogens with one attached hydrogen (secondary N) is 1. The first kappa shape index (κ1) is 10.0. The van der Waals surface area contributed by atoms with E-state index in [1.54, 1.807) is 6.92 Å². The van der Waals surface area contributed by atoms with Crippen molar-refractivity contribution in [1.29, 1.82) is 0 Å². The molecule has 74 valence electrons. The molecular weight excluding hydrogens is 170 g/mol. The van der Waals surface area contributed by atoms with Crippen molar-refractivity contribution in [3.8, 4) is 0 Å². The Labute approximate surface area is 77.6 Å². The second-order valence-corrected chi connectivity index (χ2v) is 3.32. The lowest BCUT2D eigenvalue weighted by molar-refractivity contribution is -0.154. The Kier molecular flexibility index (Phi) is 3.28. The fourth-order valence-electron chi connectivity index (χ4n) is 1.18. The summed E-state index contributed by atoms with van der Waals surface area (Å²) < 4.78 is 4.55. The standard InChI is InChI=1S/C9H15NO3/c1-3-13-9(12)8(11)10-6(2)7-4-5-7/h6-7H,3-5H2,1-2H3,(H,10,11). The van der Waals surface area contributed by atoms with Crippen LogP contribution in [0.15, 0.2) is 0 Å². The van der Waals surface area contributed by atoms with Gasteiger partial charge >= 0.3 is 11.9 Å². The molecule has 13 heavy (non-hydrogen) atoms. The van der Waals surface area contributed by atoms with Crippen LogP contribution in [-0.2, 0) is 14.3 Å². The molecule has 0 spiro atoms. The van der Waals surface area contributed by atoms with Gasteiger partial charge in [-0.15, -0.1) is 0 Å². The van der Waals surface area contributed by atoms with Gasteiger partial charge in [-0.3, -0.25) is 4.79 Å². The smallest absolute Gasteiger partial charge is 0.396 e. The van der Waals surface area contributed by atoms with Crippen molar-refractivity contribution in [2.45, 2.75) is 32.7 Å². The summed E-state index contributed by atoms with van der Waals surface area (Å²) in [6.07, 6.45) is 2.29. The molecule has 1 saturated carbocycles. The topological polar surface area (TPSA) is 55.4 Å². The third kappa shape index (κ3) is 3.05. The lowest BCUT2D eigenvalue weighted by atomic mass is 10.2. The molecule has 0 aromatic carbocycles. The molecule has 1 N–H and O–H groups in total.